The minimum Gasteiger partial charge on any atom is -0.385 e. The number of aliphatic hydroxyl groups is 2. The number of rotatable bonds is 7. The summed E-state index contributed by atoms with van der Waals surface area (Å²) >= 11 is 11.7. The third-order valence-electron chi connectivity index (χ3n) is 5.25. The molecule has 0 bridgehead atoms. The lowest BCUT2D eigenvalue weighted by molar-refractivity contribution is -0.207. The molecular formula is C22H18Cl2F4N6O3. The van der Waals surface area contributed by atoms with E-state index in [-0.39, 0.29) is 33.7 Å². The SMILES string of the molecule is CC(O)c1nc(Cn2nc(-c3ccc(Cl)cc3)n(C[C@H](O)C(F)(F)F)c2=O)nn1-c1ccc(F)c(Cl)c1. The van der Waals surface area contributed by atoms with Crippen molar-refractivity contribution in [2.45, 2.75) is 38.4 Å². The van der Waals surface area contributed by atoms with E-state index in [2.05, 4.69) is 15.2 Å². The lowest BCUT2D eigenvalue weighted by atomic mass is 10.2. The number of alkyl halides is 3. The number of aliphatic hydroxyl groups excluding tert-OH is 2. The second-order valence-electron chi connectivity index (χ2n) is 8.01. The van der Waals surface area contributed by atoms with Gasteiger partial charge in [0.25, 0.3) is 0 Å². The number of aromatic nitrogens is 6. The van der Waals surface area contributed by atoms with Gasteiger partial charge in [-0.3, -0.25) is 4.57 Å². The van der Waals surface area contributed by atoms with E-state index in [1.165, 1.54) is 48.0 Å². The van der Waals surface area contributed by atoms with Gasteiger partial charge in [-0.2, -0.15) is 13.2 Å². The van der Waals surface area contributed by atoms with Crippen molar-refractivity contribution in [2.75, 3.05) is 0 Å². The van der Waals surface area contributed by atoms with Crippen molar-refractivity contribution >= 4 is 23.2 Å². The van der Waals surface area contributed by atoms with Gasteiger partial charge in [-0.15, -0.1) is 10.2 Å². The van der Waals surface area contributed by atoms with Crippen molar-refractivity contribution in [3.8, 4) is 17.1 Å². The molecule has 0 spiro atoms. The lowest BCUT2D eigenvalue weighted by Gasteiger charge is -2.15. The van der Waals surface area contributed by atoms with E-state index in [0.29, 0.717) is 9.59 Å². The summed E-state index contributed by atoms with van der Waals surface area (Å²) < 4.78 is 55.5. The Balaban J connectivity index is 1.77. The zero-order chi connectivity index (χ0) is 27.1. The minimum atomic E-state index is -4.97. The van der Waals surface area contributed by atoms with Gasteiger partial charge in [0.15, 0.2) is 23.6 Å². The molecule has 15 heteroatoms. The molecule has 196 valence electrons. The first-order chi connectivity index (χ1) is 17.3. The average Bonchev–Trinajstić information content (AvgIpc) is 3.38. The second kappa shape index (κ2) is 10.2. The highest BCUT2D eigenvalue weighted by molar-refractivity contribution is 6.31. The van der Waals surface area contributed by atoms with Gasteiger partial charge in [-0.25, -0.2) is 23.5 Å². The fourth-order valence-corrected chi connectivity index (χ4v) is 3.75. The standard InChI is InChI=1S/C22H18Cl2F4N6O3/c1-11(35)19-29-18(30-34(19)14-6-7-16(25)15(24)8-14)10-33-21(37)32(9-17(36)22(26,27)28)20(31-33)12-2-4-13(23)5-3-12/h2-8,11,17,35-36H,9-10H2,1H3/t11?,17-/m0/s1. The van der Waals surface area contributed by atoms with Gasteiger partial charge in [0, 0.05) is 10.6 Å². The maximum Gasteiger partial charge on any atom is 0.416 e. The average molecular weight is 561 g/mol. The van der Waals surface area contributed by atoms with Crippen molar-refractivity contribution in [1.29, 1.82) is 0 Å². The number of halogens is 6. The molecule has 2 atom stereocenters. The first-order valence-electron chi connectivity index (χ1n) is 10.6. The van der Waals surface area contributed by atoms with Crippen molar-refractivity contribution in [2.24, 2.45) is 0 Å². The fourth-order valence-electron chi connectivity index (χ4n) is 3.44. The van der Waals surface area contributed by atoms with Gasteiger partial charge in [-0.1, -0.05) is 23.2 Å². The molecule has 0 amide bonds. The van der Waals surface area contributed by atoms with E-state index in [4.69, 9.17) is 23.2 Å². The monoisotopic (exact) mass is 560 g/mol. The number of hydrogen-bond acceptors (Lipinski definition) is 6. The Hall–Kier alpha value is -3.26. The molecule has 0 aliphatic rings. The molecule has 4 rings (SSSR count). The van der Waals surface area contributed by atoms with Gasteiger partial charge >= 0.3 is 11.9 Å². The molecule has 4 aromatic rings. The normalized spacial score (nSPS) is 13.6. The van der Waals surface area contributed by atoms with E-state index in [1.54, 1.807) is 0 Å². The Morgan fingerprint density at radius 1 is 1.05 bits per heavy atom. The Kier molecular flexibility index (Phi) is 7.42. The number of nitrogens with zero attached hydrogens (tertiary/aromatic N) is 6. The van der Waals surface area contributed by atoms with Gasteiger partial charge in [0.1, 0.15) is 18.5 Å². The van der Waals surface area contributed by atoms with Crippen molar-refractivity contribution in [1.82, 2.24) is 29.1 Å². The molecule has 0 radical (unpaired) electrons. The molecule has 37 heavy (non-hydrogen) atoms. The van der Waals surface area contributed by atoms with Crippen molar-refractivity contribution < 1.29 is 27.8 Å². The highest BCUT2D eigenvalue weighted by atomic mass is 35.5. The predicted octanol–water partition coefficient (Wildman–Crippen LogP) is 3.76. The molecule has 0 saturated heterocycles. The van der Waals surface area contributed by atoms with Gasteiger partial charge in [-0.05, 0) is 49.4 Å². The topological polar surface area (TPSA) is 111 Å². The summed E-state index contributed by atoms with van der Waals surface area (Å²) in [4.78, 5) is 17.3. The van der Waals surface area contributed by atoms with Crippen LogP contribution in [0.2, 0.25) is 10.0 Å². The van der Waals surface area contributed by atoms with E-state index in [9.17, 15) is 32.6 Å². The molecule has 0 aliphatic heterocycles. The van der Waals surface area contributed by atoms with Crippen LogP contribution in [0.4, 0.5) is 17.6 Å². The molecule has 1 unspecified atom stereocenters. The van der Waals surface area contributed by atoms with Crippen LogP contribution < -0.4 is 5.69 Å². The van der Waals surface area contributed by atoms with Crippen LogP contribution in [0.3, 0.4) is 0 Å². The van der Waals surface area contributed by atoms with Crippen LogP contribution >= 0.6 is 23.2 Å². The molecule has 2 heterocycles. The van der Waals surface area contributed by atoms with E-state index in [1.807, 2.05) is 0 Å². The predicted molar refractivity (Wildman–Crippen MR) is 125 cm³/mol. The summed E-state index contributed by atoms with van der Waals surface area (Å²) in [6, 6.07) is 9.57. The molecule has 2 N–H and O–H groups in total. The van der Waals surface area contributed by atoms with Crippen LogP contribution in [0.5, 0.6) is 0 Å². The summed E-state index contributed by atoms with van der Waals surface area (Å²) in [5.41, 5.74) is -0.416. The second-order valence-corrected chi connectivity index (χ2v) is 8.85. The van der Waals surface area contributed by atoms with Crippen LogP contribution in [-0.4, -0.2) is 51.6 Å². The summed E-state index contributed by atoms with van der Waals surface area (Å²) in [7, 11) is 0. The molecule has 0 saturated carbocycles. The highest BCUT2D eigenvalue weighted by Gasteiger charge is 2.39. The van der Waals surface area contributed by atoms with Gasteiger partial charge in [0.2, 0.25) is 0 Å². The quantitative estimate of drug-likeness (QED) is 0.333. The Morgan fingerprint density at radius 3 is 2.32 bits per heavy atom. The summed E-state index contributed by atoms with van der Waals surface area (Å²) in [5, 5.41) is 28.3. The third-order valence-corrected chi connectivity index (χ3v) is 5.79. The number of benzene rings is 2. The van der Waals surface area contributed by atoms with Gasteiger partial charge in [0.05, 0.1) is 17.3 Å². The Morgan fingerprint density at radius 2 is 1.73 bits per heavy atom. The first kappa shape index (κ1) is 26.8. The van der Waals surface area contributed by atoms with Crippen LogP contribution in [0, 0.1) is 5.82 Å². The zero-order valence-electron chi connectivity index (χ0n) is 18.9. The molecule has 0 fully saturated rings. The van der Waals surface area contributed by atoms with Crippen LogP contribution in [0.1, 0.15) is 24.7 Å². The van der Waals surface area contributed by atoms with Gasteiger partial charge < -0.3 is 10.2 Å². The van der Waals surface area contributed by atoms with Crippen LogP contribution in [0.15, 0.2) is 47.3 Å². The third kappa shape index (κ3) is 5.69. The molecular weight excluding hydrogens is 543 g/mol. The smallest absolute Gasteiger partial charge is 0.385 e. The van der Waals surface area contributed by atoms with E-state index < -0.39 is 43.0 Å². The fraction of sp³-hybridized carbons (Fsp3) is 0.273. The summed E-state index contributed by atoms with van der Waals surface area (Å²) in [6.07, 6.45) is -8.93. The maximum atomic E-state index is 13.6. The molecule has 0 aliphatic carbocycles. The number of hydrogen-bond donors (Lipinski definition) is 2. The highest BCUT2D eigenvalue weighted by Crippen LogP contribution is 2.25. The summed E-state index contributed by atoms with van der Waals surface area (Å²) in [5.74, 6) is -0.805. The van der Waals surface area contributed by atoms with Crippen LogP contribution in [0.25, 0.3) is 17.1 Å². The Labute approximate surface area is 216 Å². The van der Waals surface area contributed by atoms with E-state index >= 15 is 0 Å². The molecule has 2 aromatic carbocycles. The Bertz CT molecular complexity index is 1480. The van der Waals surface area contributed by atoms with Crippen molar-refractivity contribution in [3.63, 3.8) is 0 Å². The van der Waals surface area contributed by atoms with Crippen LogP contribution in [-0.2, 0) is 13.1 Å². The lowest BCUT2D eigenvalue weighted by Crippen LogP contribution is -2.37. The molecule has 9 nitrogen and oxygen atoms in total. The minimum absolute atomic E-state index is 0.0258. The van der Waals surface area contributed by atoms with Crippen molar-refractivity contribution in [3.05, 3.63) is 80.5 Å². The maximum absolute atomic E-state index is 13.6. The first-order valence-corrected chi connectivity index (χ1v) is 11.4. The molecule has 2 aromatic heterocycles. The zero-order valence-corrected chi connectivity index (χ0v) is 20.4. The summed E-state index contributed by atoms with van der Waals surface area (Å²) in [6.45, 7) is -0.0845. The van der Waals surface area contributed by atoms with E-state index in [0.717, 1.165) is 10.7 Å². The largest absolute Gasteiger partial charge is 0.416 e.